The van der Waals surface area contributed by atoms with Gasteiger partial charge in [0.1, 0.15) is 11.5 Å². The fraction of sp³-hybridized carbons (Fsp3) is 0.0952. The third kappa shape index (κ3) is 4.85. The van der Waals surface area contributed by atoms with Crippen LogP contribution in [0.2, 0.25) is 0 Å². The Kier molecular flexibility index (Phi) is 5.32. The number of anilines is 1. The van der Waals surface area contributed by atoms with Crippen LogP contribution >= 0.6 is 0 Å². The molecule has 1 amide bonds. The number of para-hydroxylation sites is 2. The lowest BCUT2D eigenvalue weighted by atomic mass is 10.2. The van der Waals surface area contributed by atoms with Crippen molar-refractivity contribution < 1.29 is 14.3 Å². The first kappa shape index (κ1) is 16.6. The standard InChI is InChI=1S/C21H19NO3/c1-16-12-14-17(15-13-16)22-20(23)21(24-18-8-4-2-5-9-18)25-19-10-6-3-7-11-19/h2-15,21H,1H3,(H,22,23). The van der Waals surface area contributed by atoms with Crippen molar-refractivity contribution in [2.45, 2.75) is 13.2 Å². The average molecular weight is 333 g/mol. The summed E-state index contributed by atoms with van der Waals surface area (Å²) in [5, 5.41) is 2.82. The highest BCUT2D eigenvalue weighted by molar-refractivity contribution is 5.93. The van der Waals surface area contributed by atoms with Crippen molar-refractivity contribution in [1.29, 1.82) is 0 Å². The first-order valence-electron chi connectivity index (χ1n) is 8.02. The lowest BCUT2D eigenvalue weighted by Gasteiger charge is -2.20. The van der Waals surface area contributed by atoms with Crippen LogP contribution in [0.3, 0.4) is 0 Å². The van der Waals surface area contributed by atoms with E-state index >= 15 is 0 Å². The second-order valence-electron chi connectivity index (χ2n) is 5.55. The molecule has 0 aromatic heterocycles. The van der Waals surface area contributed by atoms with Crippen LogP contribution in [-0.2, 0) is 4.79 Å². The number of ether oxygens (including phenoxy) is 2. The minimum atomic E-state index is -1.11. The Balaban J connectivity index is 1.76. The van der Waals surface area contributed by atoms with Gasteiger partial charge in [0, 0.05) is 5.69 Å². The molecular formula is C21H19NO3. The number of hydrogen-bond acceptors (Lipinski definition) is 3. The highest BCUT2D eigenvalue weighted by atomic mass is 16.7. The fourth-order valence-electron chi connectivity index (χ4n) is 2.21. The Morgan fingerprint density at radius 1 is 0.760 bits per heavy atom. The van der Waals surface area contributed by atoms with E-state index in [9.17, 15) is 4.79 Å². The van der Waals surface area contributed by atoms with Crippen molar-refractivity contribution in [3.63, 3.8) is 0 Å². The molecule has 0 radical (unpaired) electrons. The second kappa shape index (κ2) is 8.02. The molecule has 4 nitrogen and oxygen atoms in total. The fourth-order valence-corrected chi connectivity index (χ4v) is 2.21. The number of carbonyl (C=O) groups excluding carboxylic acids is 1. The van der Waals surface area contributed by atoms with Gasteiger partial charge in [0.05, 0.1) is 0 Å². The molecule has 0 saturated carbocycles. The highest BCUT2D eigenvalue weighted by Crippen LogP contribution is 2.17. The maximum absolute atomic E-state index is 12.6. The molecule has 3 aromatic carbocycles. The van der Waals surface area contributed by atoms with Gasteiger partial charge in [0.2, 0.25) is 0 Å². The molecule has 0 aliphatic carbocycles. The Bertz CT molecular complexity index is 760. The zero-order valence-electron chi connectivity index (χ0n) is 13.9. The van der Waals surface area contributed by atoms with Gasteiger partial charge in [0.25, 0.3) is 0 Å². The van der Waals surface area contributed by atoms with Gasteiger partial charge in [-0.25, -0.2) is 0 Å². The predicted molar refractivity (Wildman–Crippen MR) is 97.7 cm³/mol. The summed E-state index contributed by atoms with van der Waals surface area (Å²) in [6.07, 6.45) is -1.11. The smallest absolute Gasteiger partial charge is 0.321 e. The molecule has 0 aliphatic rings. The quantitative estimate of drug-likeness (QED) is 0.679. The Morgan fingerprint density at radius 2 is 1.24 bits per heavy atom. The normalized spacial score (nSPS) is 10.3. The molecule has 0 fully saturated rings. The lowest BCUT2D eigenvalue weighted by molar-refractivity contribution is -0.134. The molecule has 0 saturated heterocycles. The van der Waals surface area contributed by atoms with E-state index in [1.54, 1.807) is 24.3 Å². The van der Waals surface area contributed by atoms with Crippen LogP contribution in [-0.4, -0.2) is 12.2 Å². The minimum absolute atomic E-state index is 0.378. The lowest BCUT2D eigenvalue weighted by Crippen LogP contribution is -2.38. The van der Waals surface area contributed by atoms with E-state index in [2.05, 4.69) is 5.32 Å². The number of benzene rings is 3. The molecule has 126 valence electrons. The molecule has 0 bridgehead atoms. The number of rotatable bonds is 6. The summed E-state index contributed by atoms with van der Waals surface area (Å²) >= 11 is 0. The largest absolute Gasteiger partial charge is 0.446 e. The van der Waals surface area contributed by atoms with Crippen molar-refractivity contribution in [3.05, 3.63) is 90.5 Å². The van der Waals surface area contributed by atoms with Crippen LogP contribution in [0.15, 0.2) is 84.9 Å². The predicted octanol–water partition coefficient (Wildman–Crippen LogP) is 4.42. The molecule has 0 spiro atoms. The highest BCUT2D eigenvalue weighted by Gasteiger charge is 2.23. The Labute approximate surface area is 147 Å². The van der Waals surface area contributed by atoms with Gasteiger partial charge in [-0.3, -0.25) is 4.79 Å². The monoisotopic (exact) mass is 333 g/mol. The van der Waals surface area contributed by atoms with Crippen molar-refractivity contribution in [1.82, 2.24) is 0 Å². The molecule has 1 N–H and O–H groups in total. The molecule has 0 heterocycles. The van der Waals surface area contributed by atoms with E-state index in [0.29, 0.717) is 17.2 Å². The molecule has 3 aromatic rings. The number of carbonyl (C=O) groups is 1. The number of aryl methyl sites for hydroxylation is 1. The maximum Gasteiger partial charge on any atom is 0.321 e. The molecule has 0 unspecified atom stereocenters. The van der Waals surface area contributed by atoms with Crippen molar-refractivity contribution in [2.24, 2.45) is 0 Å². The number of amides is 1. The van der Waals surface area contributed by atoms with E-state index in [4.69, 9.17) is 9.47 Å². The van der Waals surface area contributed by atoms with Crippen LogP contribution in [0.25, 0.3) is 0 Å². The molecule has 25 heavy (non-hydrogen) atoms. The summed E-state index contributed by atoms with van der Waals surface area (Å²) < 4.78 is 11.5. The third-order valence-corrected chi connectivity index (χ3v) is 3.51. The van der Waals surface area contributed by atoms with Crippen LogP contribution in [0, 0.1) is 6.92 Å². The minimum Gasteiger partial charge on any atom is -0.446 e. The van der Waals surface area contributed by atoms with Gasteiger partial charge >= 0.3 is 12.2 Å². The van der Waals surface area contributed by atoms with Crippen LogP contribution in [0.1, 0.15) is 5.56 Å². The molecule has 0 aliphatic heterocycles. The van der Waals surface area contributed by atoms with Gasteiger partial charge in [-0.1, -0.05) is 54.1 Å². The van der Waals surface area contributed by atoms with Crippen LogP contribution < -0.4 is 14.8 Å². The summed E-state index contributed by atoms with van der Waals surface area (Å²) in [7, 11) is 0. The summed E-state index contributed by atoms with van der Waals surface area (Å²) in [6, 6.07) is 25.8. The van der Waals surface area contributed by atoms with Gasteiger partial charge < -0.3 is 14.8 Å². The first-order chi connectivity index (χ1) is 12.2. The van der Waals surface area contributed by atoms with Gasteiger partial charge in [-0.05, 0) is 43.3 Å². The van der Waals surface area contributed by atoms with Crippen molar-refractivity contribution >= 4 is 11.6 Å². The van der Waals surface area contributed by atoms with Gasteiger partial charge in [0.15, 0.2) is 0 Å². The summed E-state index contributed by atoms with van der Waals surface area (Å²) in [5.41, 5.74) is 1.81. The number of hydrogen-bond donors (Lipinski definition) is 1. The second-order valence-corrected chi connectivity index (χ2v) is 5.55. The Hall–Kier alpha value is -3.27. The average Bonchev–Trinajstić information content (AvgIpc) is 2.65. The van der Waals surface area contributed by atoms with Gasteiger partial charge in [-0.2, -0.15) is 0 Å². The van der Waals surface area contributed by atoms with Gasteiger partial charge in [-0.15, -0.1) is 0 Å². The Morgan fingerprint density at radius 3 is 1.72 bits per heavy atom. The van der Waals surface area contributed by atoms with E-state index < -0.39 is 6.29 Å². The molecule has 0 atom stereocenters. The van der Waals surface area contributed by atoms with Crippen molar-refractivity contribution in [3.8, 4) is 11.5 Å². The van der Waals surface area contributed by atoms with Crippen LogP contribution in [0.4, 0.5) is 5.69 Å². The van der Waals surface area contributed by atoms with E-state index in [1.807, 2.05) is 67.6 Å². The zero-order chi connectivity index (χ0) is 17.5. The van der Waals surface area contributed by atoms with E-state index in [-0.39, 0.29) is 5.91 Å². The molecular weight excluding hydrogens is 314 g/mol. The third-order valence-electron chi connectivity index (χ3n) is 3.51. The molecule has 4 heteroatoms. The summed E-state index contributed by atoms with van der Waals surface area (Å²) in [4.78, 5) is 12.6. The summed E-state index contributed by atoms with van der Waals surface area (Å²) in [5.74, 6) is 0.738. The maximum atomic E-state index is 12.6. The molecule has 3 rings (SSSR count). The first-order valence-corrected chi connectivity index (χ1v) is 8.02. The summed E-state index contributed by atoms with van der Waals surface area (Å²) in [6.45, 7) is 1.99. The number of nitrogens with one attached hydrogen (secondary N) is 1. The van der Waals surface area contributed by atoms with E-state index in [1.165, 1.54) is 0 Å². The SMILES string of the molecule is Cc1ccc(NC(=O)C(Oc2ccccc2)Oc2ccccc2)cc1. The topological polar surface area (TPSA) is 47.6 Å². The zero-order valence-corrected chi connectivity index (χ0v) is 13.9. The van der Waals surface area contributed by atoms with E-state index in [0.717, 1.165) is 5.56 Å². The van der Waals surface area contributed by atoms with Crippen molar-refractivity contribution in [2.75, 3.05) is 5.32 Å². The van der Waals surface area contributed by atoms with Crippen LogP contribution in [0.5, 0.6) is 11.5 Å².